The fourth-order valence-corrected chi connectivity index (χ4v) is 3.24. The van der Waals surface area contributed by atoms with Crippen molar-refractivity contribution in [1.29, 1.82) is 0 Å². The van der Waals surface area contributed by atoms with E-state index in [-0.39, 0.29) is 23.5 Å². The molecule has 8 heteroatoms. The van der Waals surface area contributed by atoms with Crippen LogP contribution in [0.2, 0.25) is 5.02 Å². The zero-order valence-corrected chi connectivity index (χ0v) is 16.2. The first-order chi connectivity index (χ1) is 14.4. The maximum Gasteiger partial charge on any atom is 0.278 e. The maximum absolute atomic E-state index is 13.6. The summed E-state index contributed by atoms with van der Waals surface area (Å²) in [6.45, 7) is 0.0194. The number of imide groups is 1. The third-order valence-electron chi connectivity index (χ3n) is 4.55. The van der Waals surface area contributed by atoms with Crippen molar-refractivity contribution in [2.75, 3.05) is 5.32 Å². The monoisotopic (exact) mass is 425 g/mol. The summed E-state index contributed by atoms with van der Waals surface area (Å²) in [6, 6.07) is 13.0. The number of benzene rings is 2. The number of anilines is 1. The summed E-state index contributed by atoms with van der Waals surface area (Å²) in [4.78, 5) is 31.3. The Hall–Kier alpha value is -3.58. The molecule has 0 atom stereocenters. The summed E-state index contributed by atoms with van der Waals surface area (Å²) < 4.78 is 26.9. The van der Waals surface area contributed by atoms with E-state index in [1.165, 1.54) is 6.07 Å². The van der Waals surface area contributed by atoms with Crippen molar-refractivity contribution >= 4 is 34.7 Å². The quantitative estimate of drug-likeness (QED) is 0.615. The van der Waals surface area contributed by atoms with E-state index in [9.17, 15) is 18.4 Å². The van der Waals surface area contributed by atoms with Gasteiger partial charge in [-0.25, -0.2) is 8.78 Å². The van der Waals surface area contributed by atoms with Crippen LogP contribution in [0, 0.1) is 11.6 Å². The minimum absolute atomic E-state index is 0.0194. The van der Waals surface area contributed by atoms with Crippen molar-refractivity contribution in [3.8, 4) is 0 Å². The Morgan fingerprint density at radius 3 is 2.40 bits per heavy atom. The number of amides is 2. The Labute approximate surface area is 175 Å². The fourth-order valence-electron chi connectivity index (χ4n) is 3.11. The normalized spacial score (nSPS) is 13.9. The Morgan fingerprint density at radius 2 is 1.73 bits per heavy atom. The van der Waals surface area contributed by atoms with E-state index in [0.717, 1.165) is 17.0 Å². The molecule has 1 aliphatic heterocycles. The van der Waals surface area contributed by atoms with Crippen LogP contribution in [0.1, 0.15) is 11.1 Å². The third kappa shape index (κ3) is 3.79. The average molecular weight is 426 g/mol. The molecule has 1 N–H and O–H groups in total. The molecule has 2 amide bonds. The Bertz CT molecular complexity index is 1160. The van der Waals surface area contributed by atoms with Crippen LogP contribution in [-0.2, 0) is 16.1 Å². The molecule has 0 saturated carbocycles. The number of hydrogen-bond acceptors (Lipinski definition) is 4. The summed E-state index contributed by atoms with van der Waals surface area (Å²) in [5.41, 5.74) is 1.36. The number of carbonyl (C=O) groups is 2. The molecular weight excluding hydrogens is 412 g/mol. The van der Waals surface area contributed by atoms with Crippen molar-refractivity contribution in [1.82, 2.24) is 9.88 Å². The molecular formula is C22H14ClF2N3O2. The second-order valence-electron chi connectivity index (χ2n) is 6.57. The molecule has 0 aliphatic carbocycles. The van der Waals surface area contributed by atoms with Gasteiger partial charge in [-0.2, -0.15) is 0 Å². The molecule has 0 fully saturated rings. The number of nitrogens with zero attached hydrogens (tertiary/aromatic N) is 2. The molecule has 0 unspecified atom stereocenters. The van der Waals surface area contributed by atoms with E-state index in [1.54, 1.807) is 48.8 Å². The second kappa shape index (κ2) is 8.04. The first-order valence-corrected chi connectivity index (χ1v) is 9.29. The smallest absolute Gasteiger partial charge is 0.278 e. The number of hydrogen-bond donors (Lipinski definition) is 1. The molecule has 1 aliphatic rings. The van der Waals surface area contributed by atoms with Crippen molar-refractivity contribution in [2.45, 2.75) is 6.54 Å². The molecule has 0 radical (unpaired) electrons. The van der Waals surface area contributed by atoms with Gasteiger partial charge in [0.15, 0.2) is 11.6 Å². The van der Waals surface area contributed by atoms with Crippen molar-refractivity contribution < 1.29 is 18.4 Å². The van der Waals surface area contributed by atoms with E-state index in [1.807, 2.05) is 0 Å². The number of nitrogens with one attached hydrogen (secondary N) is 1. The zero-order valence-electron chi connectivity index (χ0n) is 15.4. The Morgan fingerprint density at radius 1 is 0.967 bits per heavy atom. The molecule has 1 aromatic heterocycles. The fraction of sp³-hybridized carbons (Fsp3) is 0.0455. The number of pyridine rings is 1. The Kier molecular flexibility index (Phi) is 5.29. The van der Waals surface area contributed by atoms with Gasteiger partial charge in [0.2, 0.25) is 0 Å². The molecule has 0 bridgehead atoms. The standard InChI is InChI=1S/C22H14ClF2N3O2/c23-15-5-3-14(4-6-15)19-20(27-16-7-8-17(24)18(25)10-16)22(30)28(21(19)29)12-13-2-1-9-26-11-13/h1-11,27H,12H2. The lowest BCUT2D eigenvalue weighted by atomic mass is 10.0. The van der Waals surface area contributed by atoms with Crippen LogP contribution in [0.4, 0.5) is 14.5 Å². The average Bonchev–Trinajstić information content (AvgIpc) is 2.96. The van der Waals surface area contributed by atoms with Crippen LogP contribution in [0.3, 0.4) is 0 Å². The van der Waals surface area contributed by atoms with Gasteiger partial charge in [0.1, 0.15) is 5.70 Å². The van der Waals surface area contributed by atoms with Gasteiger partial charge in [-0.1, -0.05) is 29.8 Å². The third-order valence-corrected chi connectivity index (χ3v) is 4.81. The largest absolute Gasteiger partial charge is 0.350 e. The minimum Gasteiger partial charge on any atom is -0.350 e. The number of halogens is 3. The van der Waals surface area contributed by atoms with Crippen LogP contribution in [0.5, 0.6) is 0 Å². The first kappa shape index (κ1) is 19.7. The lowest BCUT2D eigenvalue weighted by Gasteiger charge is -2.15. The summed E-state index contributed by atoms with van der Waals surface area (Å²) in [5.74, 6) is -3.19. The highest BCUT2D eigenvalue weighted by Crippen LogP contribution is 2.32. The van der Waals surface area contributed by atoms with Gasteiger partial charge in [0.05, 0.1) is 12.1 Å². The number of rotatable bonds is 5. The van der Waals surface area contributed by atoms with Crippen LogP contribution >= 0.6 is 11.6 Å². The van der Waals surface area contributed by atoms with Gasteiger partial charge in [-0.3, -0.25) is 19.5 Å². The predicted octanol–water partition coefficient (Wildman–Crippen LogP) is 4.41. The molecule has 4 rings (SSSR count). The van der Waals surface area contributed by atoms with Gasteiger partial charge < -0.3 is 5.32 Å². The van der Waals surface area contributed by atoms with Crippen molar-refractivity contribution in [3.05, 3.63) is 100 Å². The van der Waals surface area contributed by atoms with E-state index < -0.39 is 23.4 Å². The van der Waals surface area contributed by atoms with Gasteiger partial charge in [-0.15, -0.1) is 0 Å². The molecule has 5 nitrogen and oxygen atoms in total. The molecule has 3 aromatic rings. The summed E-state index contributed by atoms with van der Waals surface area (Å²) in [5, 5.41) is 3.25. The van der Waals surface area contributed by atoms with Crippen LogP contribution in [0.25, 0.3) is 5.57 Å². The summed E-state index contributed by atoms with van der Waals surface area (Å²) >= 11 is 5.94. The highest BCUT2D eigenvalue weighted by atomic mass is 35.5. The summed E-state index contributed by atoms with van der Waals surface area (Å²) in [6.07, 6.45) is 3.15. The number of aromatic nitrogens is 1. The van der Waals surface area contributed by atoms with Crippen LogP contribution in [-0.4, -0.2) is 21.7 Å². The molecule has 2 heterocycles. The van der Waals surface area contributed by atoms with Crippen molar-refractivity contribution in [3.63, 3.8) is 0 Å². The van der Waals surface area contributed by atoms with E-state index in [0.29, 0.717) is 16.1 Å². The van der Waals surface area contributed by atoms with E-state index in [2.05, 4.69) is 10.3 Å². The molecule has 0 saturated heterocycles. The SMILES string of the molecule is O=C1C(Nc2ccc(F)c(F)c2)=C(c2ccc(Cl)cc2)C(=O)N1Cc1cccnc1. The predicted molar refractivity (Wildman–Crippen MR) is 108 cm³/mol. The summed E-state index contributed by atoms with van der Waals surface area (Å²) in [7, 11) is 0. The van der Waals surface area contributed by atoms with Gasteiger partial charge in [0, 0.05) is 29.2 Å². The lowest BCUT2D eigenvalue weighted by molar-refractivity contribution is -0.137. The molecule has 150 valence electrons. The number of carbonyl (C=O) groups excluding carboxylic acids is 2. The molecule has 0 spiro atoms. The van der Waals surface area contributed by atoms with Gasteiger partial charge in [0.25, 0.3) is 11.8 Å². The topological polar surface area (TPSA) is 62.3 Å². The highest BCUT2D eigenvalue weighted by Gasteiger charge is 2.39. The second-order valence-corrected chi connectivity index (χ2v) is 7.00. The van der Waals surface area contributed by atoms with Crippen LogP contribution < -0.4 is 5.32 Å². The van der Waals surface area contributed by atoms with E-state index >= 15 is 0 Å². The Balaban J connectivity index is 1.75. The van der Waals surface area contributed by atoms with E-state index in [4.69, 9.17) is 11.6 Å². The minimum atomic E-state index is -1.07. The lowest BCUT2D eigenvalue weighted by Crippen LogP contribution is -2.32. The zero-order chi connectivity index (χ0) is 21.3. The van der Waals surface area contributed by atoms with Gasteiger partial charge in [-0.05, 0) is 41.5 Å². The van der Waals surface area contributed by atoms with Crippen LogP contribution in [0.15, 0.2) is 72.7 Å². The van der Waals surface area contributed by atoms with Gasteiger partial charge >= 0.3 is 0 Å². The highest BCUT2D eigenvalue weighted by molar-refractivity contribution is 6.36. The first-order valence-electron chi connectivity index (χ1n) is 8.91. The molecule has 30 heavy (non-hydrogen) atoms. The maximum atomic E-state index is 13.6. The molecule has 2 aromatic carbocycles. The van der Waals surface area contributed by atoms with Crippen molar-refractivity contribution in [2.24, 2.45) is 0 Å².